The summed E-state index contributed by atoms with van der Waals surface area (Å²) in [5, 5.41) is 13.4. The van der Waals surface area contributed by atoms with Crippen LogP contribution in [0.1, 0.15) is 23.7 Å². The summed E-state index contributed by atoms with van der Waals surface area (Å²) in [5.74, 6) is -0.977. The molecule has 26 heavy (non-hydrogen) atoms. The van der Waals surface area contributed by atoms with Crippen LogP contribution in [0.3, 0.4) is 0 Å². The lowest BCUT2D eigenvalue weighted by molar-refractivity contribution is -0.387. The number of hydrogen-bond donors (Lipinski definition) is 1. The van der Waals surface area contributed by atoms with Gasteiger partial charge >= 0.3 is 5.69 Å². The first kappa shape index (κ1) is 19.5. The maximum Gasteiger partial charge on any atom is 0.306 e. The molecule has 0 bridgehead atoms. The first-order valence-electron chi connectivity index (χ1n) is 7.63. The van der Waals surface area contributed by atoms with E-state index in [4.69, 9.17) is 21.1 Å². The van der Waals surface area contributed by atoms with E-state index in [1.165, 1.54) is 25.3 Å². The van der Waals surface area contributed by atoms with Gasteiger partial charge < -0.3 is 14.8 Å². The molecule has 0 aliphatic heterocycles. The number of hydrogen-bond acceptors (Lipinski definition) is 5. The van der Waals surface area contributed by atoms with Gasteiger partial charge in [-0.2, -0.15) is 4.39 Å². The number of amides is 1. The molecule has 0 fully saturated rings. The summed E-state index contributed by atoms with van der Waals surface area (Å²) in [5.41, 5.74) is -0.506. The van der Waals surface area contributed by atoms with Crippen LogP contribution in [0, 0.1) is 15.9 Å². The molecule has 0 saturated heterocycles. The summed E-state index contributed by atoms with van der Waals surface area (Å²) >= 11 is 6.16. The molecule has 2 aromatic rings. The smallest absolute Gasteiger partial charge is 0.306 e. The van der Waals surface area contributed by atoms with Gasteiger partial charge in [0.2, 0.25) is 5.82 Å². The molecule has 0 spiro atoms. The first-order chi connectivity index (χ1) is 12.4. The van der Waals surface area contributed by atoms with Crippen LogP contribution in [0.2, 0.25) is 5.02 Å². The molecule has 0 unspecified atom stereocenters. The van der Waals surface area contributed by atoms with Gasteiger partial charge in [-0.15, -0.1) is 0 Å². The van der Waals surface area contributed by atoms with Gasteiger partial charge in [0.25, 0.3) is 5.91 Å². The molecule has 0 heterocycles. The molecule has 7 nitrogen and oxygen atoms in total. The second-order valence-corrected chi connectivity index (χ2v) is 5.62. The molecule has 138 valence electrons. The Morgan fingerprint density at radius 2 is 2.08 bits per heavy atom. The van der Waals surface area contributed by atoms with Gasteiger partial charge in [-0.25, -0.2) is 0 Å². The summed E-state index contributed by atoms with van der Waals surface area (Å²) in [4.78, 5) is 22.3. The molecule has 2 rings (SSSR count). The number of nitrogens with one attached hydrogen (secondary N) is 1. The highest BCUT2D eigenvalue weighted by Gasteiger charge is 2.18. The fraction of sp³-hybridized carbons (Fsp3) is 0.235. The minimum absolute atomic E-state index is 0.0736. The maximum absolute atomic E-state index is 13.4. The number of ether oxygens (including phenoxy) is 2. The second-order valence-electron chi connectivity index (χ2n) is 5.22. The molecular weight excluding hydrogens is 367 g/mol. The normalized spacial score (nSPS) is 10.3. The summed E-state index contributed by atoms with van der Waals surface area (Å²) in [7, 11) is 1.41. The number of nitrogens with zero attached hydrogens (tertiary/aromatic N) is 1. The Morgan fingerprint density at radius 1 is 1.35 bits per heavy atom. The summed E-state index contributed by atoms with van der Waals surface area (Å²) < 4.78 is 24.1. The molecule has 1 amide bonds. The summed E-state index contributed by atoms with van der Waals surface area (Å²) in [6.07, 6.45) is 0.769. The maximum atomic E-state index is 13.4. The van der Waals surface area contributed by atoms with Crippen molar-refractivity contribution in [3.05, 3.63) is 56.8 Å². The van der Waals surface area contributed by atoms with E-state index in [9.17, 15) is 19.3 Å². The second kappa shape index (κ2) is 8.48. The zero-order chi connectivity index (χ0) is 19.3. The third-order valence-corrected chi connectivity index (χ3v) is 3.62. The van der Waals surface area contributed by atoms with E-state index >= 15 is 0 Å². The number of halogens is 2. The van der Waals surface area contributed by atoms with Gasteiger partial charge in [0.1, 0.15) is 0 Å². The monoisotopic (exact) mass is 382 g/mol. The largest absolute Gasteiger partial charge is 0.493 e. The molecule has 0 saturated carbocycles. The standard InChI is InChI=1S/C17H16ClFN2O5/c1-3-6-26-16-12(18)7-10(8-15(16)25-2)17(22)20-11-4-5-13(19)14(9-11)21(23)24/h4-5,7-9H,3,6H2,1-2H3,(H,20,22). The lowest BCUT2D eigenvalue weighted by Crippen LogP contribution is -2.13. The summed E-state index contributed by atoms with van der Waals surface area (Å²) in [6.45, 7) is 2.37. The van der Waals surface area contributed by atoms with E-state index in [0.29, 0.717) is 12.4 Å². The highest BCUT2D eigenvalue weighted by atomic mass is 35.5. The molecule has 0 radical (unpaired) electrons. The zero-order valence-corrected chi connectivity index (χ0v) is 14.8. The van der Waals surface area contributed by atoms with Crippen LogP contribution in [0.5, 0.6) is 11.5 Å². The van der Waals surface area contributed by atoms with Crippen LogP contribution >= 0.6 is 11.6 Å². The lowest BCUT2D eigenvalue weighted by atomic mass is 10.1. The Kier molecular flexibility index (Phi) is 6.35. The fourth-order valence-electron chi connectivity index (χ4n) is 2.13. The number of nitro benzene ring substituents is 1. The van der Waals surface area contributed by atoms with E-state index in [2.05, 4.69) is 5.32 Å². The van der Waals surface area contributed by atoms with Crippen LogP contribution in [0.4, 0.5) is 15.8 Å². The van der Waals surface area contributed by atoms with Crippen molar-refractivity contribution in [2.45, 2.75) is 13.3 Å². The third kappa shape index (κ3) is 4.40. The van der Waals surface area contributed by atoms with Crippen molar-refractivity contribution >= 4 is 28.9 Å². The van der Waals surface area contributed by atoms with Crippen molar-refractivity contribution in [1.29, 1.82) is 0 Å². The average Bonchev–Trinajstić information content (AvgIpc) is 2.61. The highest BCUT2D eigenvalue weighted by molar-refractivity contribution is 6.32. The minimum Gasteiger partial charge on any atom is -0.493 e. The molecule has 0 aliphatic rings. The van der Waals surface area contributed by atoms with E-state index in [1.807, 2.05) is 6.92 Å². The Labute approximate surface area is 153 Å². The van der Waals surface area contributed by atoms with Gasteiger partial charge in [0.05, 0.1) is 23.7 Å². The average molecular weight is 383 g/mol. The summed E-state index contributed by atoms with van der Waals surface area (Å²) in [6, 6.07) is 5.89. The van der Waals surface area contributed by atoms with Crippen molar-refractivity contribution in [2.75, 3.05) is 19.0 Å². The number of anilines is 1. The number of nitro groups is 1. The van der Waals surface area contributed by atoms with Gasteiger partial charge in [-0.3, -0.25) is 14.9 Å². The molecule has 1 N–H and O–H groups in total. The van der Waals surface area contributed by atoms with Crippen molar-refractivity contribution in [3.8, 4) is 11.5 Å². The Hall–Kier alpha value is -2.87. The van der Waals surface area contributed by atoms with Gasteiger partial charge in [0, 0.05) is 17.3 Å². The van der Waals surface area contributed by atoms with Crippen LogP contribution in [0.15, 0.2) is 30.3 Å². The number of carbonyl (C=O) groups is 1. The van der Waals surface area contributed by atoms with E-state index in [-0.39, 0.29) is 22.0 Å². The third-order valence-electron chi connectivity index (χ3n) is 3.34. The fourth-order valence-corrected chi connectivity index (χ4v) is 2.39. The number of benzene rings is 2. The van der Waals surface area contributed by atoms with Crippen LogP contribution < -0.4 is 14.8 Å². The van der Waals surface area contributed by atoms with Crippen LogP contribution in [-0.4, -0.2) is 24.5 Å². The minimum atomic E-state index is -0.991. The highest BCUT2D eigenvalue weighted by Crippen LogP contribution is 2.36. The predicted octanol–water partition coefficient (Wildman–Crippen LogP) is 4.44. The van der Waals surface area contributed by atoms with Crippen LogP contribution in [-0.2, 0) is 0 Å². The van der Waals surface area contributed by atoms with Crippen molar-refractivity contribution in [1.82, 2.24) is 0 Å². The van der Waals surface area contributed by atoms with Gasteiger partial charge in [-0.05, 0) is 30.7 Å². The van der Waals surface area contributed by atoms with E-state index < -0.39 is 22.3 Å². The molecule has 2 aromatic carbocycles. The van der Waals surface area contributed by atoms with Gasteiger partial charge in [-0.1, -0.05) is 18.5 Å². The topological polar surface area (TPSA) is 90.7 Å². The quantitative estimate of drug-likeness (QED) is 0.564. The Morgan fingerprint density at radius 3 is 2.69 bits per heavy atom. The van der Waals surface area contributed by atoms with Crippen LogP contribution in [0.25, 0.3) is 0 Å². The first-order valence-corrected chi connectivity index (χ1v) is 8.00. The number of methoxy groups -OCH3 is 1. The molecule has 0 aromatic heterocycles. The number of carbonyl (C=O) groups excluding carboxylic acids is 1. The Bertz CT molecular complexity index is 844. The van der Waals surface area contributed by atoms with Crippen molar-refractivity contribution < 1.29 is 23.6 Å². The molecular formula is C17H16ClFN2O5. The van der Waals surface area contributed by atoms with Gasteiger partial charge in [0.15, 0.2) is 11.5 Å². The Balaban J connectivity index is 2.28. The van der Waals surface area contributed by atoms with Crippen molar-refractivity contribution in [2.24, 2.45) is 0 Å². The van der Waals surface area contributed by atoms with Crippen molar-refractivity contribution in [3.63, 3.8) is 0 Å². The predicted molar refractivity (Wildman–Crippen MR) is 94.8 cm³/mol. The SMILES string of the molecule is CCCOc1c(Cl)cc(C(=O)Nc2ccc(F)c([N+](=O)[O-])c2)cc1OC. The molecule has 0 aliphatic carbocycles. The number of rotatable bonds is 7. The lowest BCUT2D eigenvalue weighted by Gasteiger charge is -2.14. The molecule has 0 atom stereocenters. The van der Waals surface area contributed by atoms with E-state index in [1.54, 1.807) is 0 Å². The van der Waals surface area contributed by atoms with E-state index in [0.717, 1.165) is 18.6 Å². The molecule has 9 heteroatoms. The zero-order valence-electron chi connectivity index (χ0n) is 14.0.